The van der Waals surface area contributed by atoms with Crippen molar-refractivity contribution >= 4 is 18.3 Å². The van der Waals surface area contributed by atoms with Gasteiger partial charge in [0.25, 0.3) is 5.91 Å². The highest BCUT2D eigenvalue weighted by atomic mass is 35.5. The molecular formula is C15H26ClN3O. The molecular weight excluding hydrogens is 274 g/mol. The average Bonchev–Trinajstić information content (AvgIpc) is 2.67. The van der Waals surface area contributed by atoms with E-state index in [1.54, 1.807) is 0 Å². The second kappa shape index (κ2) is 7.14. The fraction of sp³-hybridized carbons (Fsp3) is 0.667. The summed E-state index contributed by atoms with van der Waals surface area (Å²) < 4.78 is 2.18. The van der Waals surface area contributed by atoms with Crippen molar-refractivity contribution in [2.75, 3.05) is 13.1 Å². The number of rotatable bonds is 3. The number of aromatic nitrogens is 1. The lowest BCUT2D eigenvalue weighted by Gasteiger charge is -2.30. The molecule has 0 aliphatic carbocycles. The Morgan fingerprint density at radius 2 is 2.20 bits per heavy atom. The Bertz CT molecular complexity index is 470. The SMILES string of the molecule is CCn1c(C)cc(C(=O)NC2CCNCC2C)c1C.Cl. The summed E-state index contributed by atoms with van der Waals surface area (Å²) in [4.78, 5) is 12.4. The highest BCUT2D eigenvalue weighted by Crippen LogP contribution is 2.17. The van der Waals surface area contributed by atoms with Crippen LogP contribution in [-0.2, 0) is 6.54 Å². The monoisotopic (exact) mass is 299 g/mol. The molecule has 1 aromatic rings. The molecule has 0 radical (unpaired) electrons. The number of carbonyl (C=O) groups is 1. The van der Waals surface area contributed by atoms with Gasteiger partial charge in [0.15, 0.2) is 0 Å². The first-order valence-electron chi connectivity index (χ1n) is 7.22. The molecule has 20 heavy (non-hydrogen) atoms. The van der Waals surface area contributed by atoms with Crippen molar-refractivity contribution in [2.24, 2.45) is 5.92 Å². The van der Waals surface area contributed by atoms with Crippen LogP contribution in [0.2, 0.25) is 0 Å². The Morgan fingerprint density at radius 3 is 2.75 bits per heavy atom. The van der Waals surface area contributed by atoms with Crippen LogP contribution in [0.1, 0.15) is 42.0 Å². The topological polar surface area (TPSA) is 46.1 Å². The van der Waals surface area contributed by atoms with Crippen LogP contribution in [0.5, 0.6) is 0 Å². The van der Waals surface area contributed by atoms with Crippen LogP contribution >= 0.6 is 12.4 Å². The highest BCUT2D eigenvalue weighted by molar-refractivity contribution is 5.95. The van der Waals surface area contributed by atoms with Gasteiger partial charge in [0.05, 0.1) is 5.56 Å². The minimum atomic E-state index is 0. The van der Waals surface area contributed by atoms with Gasteiger partial charge in [-0.25, -0.2) is 0 Å². The standard InChI is InChI=1S/C15H25N3O.ClH/c1-5-18-11(3)8-13(12(18)4)15(19)17-14-6-7-16-9-10(14)2;/h8,10,14,16H,5-7,9H2,1-4H3,(H,17,19);1H. The van der Waals surface area contributed by atoms with Crippen molar-refractivity contribution in [2.45, 2.75) is 46.7 Å². The van der Waals surface area contributed by atoms with Gasteiger partial charge in [-0.3, -0.25) is 4.79 Å². The van der Waals surface area contributed by atoms with Crippen molar-refractivity contribution in [3.8, 4) is 0 Å². The van der Waals surface area contributed by atoms with E-state index >= 15 is 0 Å². The number of nitrogens with zero attached hydrogens (tertiary/aromatic N) is 1. The molecule has 5 heteroatoms. The zero-order chi connectivity index (χ0) is 14.0. The number of nitrogens with one attached hydrogen (secondary N) is 2. The molecule has 1 aromatic heterocycles. The molecule has 2 atom stereocenters. The summed E-state index contributed by atoms with van der Waals surface area (Å²) in [5.41, 5.74) is 3.05. The molecule has 1 amide bonds. The molecule has 1 aliphatic rings. The maximum Gasteiger partial charge on any atom is 0.253 e. The fourth-order valence-electron chi connectivity index (χ4n) is 2.99. The van der Waals surface area contributed by atoms with E-state index in [2.05, 4.69) is 36.0 Å². The number of piperidine rings is 1. The summed E-state index contributed by atoms with van der Waals surface area (Å²) >= 11 is 0. The Morgan fingerprint density at radius 1 is 1.50 bits per heavy atom. The summed E-state index contributed by atoms with van der Waals surface area (Å²) in [5, 5.41) is 6.55. The first kappa shape index (κ1) is 17.1. The molecule has 1 fully saturated rings. The van der Waals surface area contributed by atoms with Crippen molar-refractivity contribution in [1.82, 2.24) is 15.2 Å². The maximum absolute atomic E-state index is 12.4. The van der Waals surface area contributed by atoms with Gasteiger partial charge in [-0.05, 0) is 52.3 Å². The van der Waals surface area contributed by atoms with Crippen LogP contribution in [0, 0.1) is 19.8 Å². The van der Waals surface area contributed by atoms with Gasteiger partial charge < -0.3 is 15.2 Å². The quantitative estimate of drug-likeness (QED) is 0.899. The second-order valence-corrected chi connectivity index (χ2v) is 5.58. The van der Waals surface area contributed by atoms with Crippen LogP contribution in [0.15, 0.2) is 6.07 Å². The first-order valence-corrected chi connectivity index (χ1v) is 7.22. The minimum absolute atomic E-state index is 0. The second-order valence-electron chi connectivity index (χ2n) is 5.58. The molecule has 2 heterocycles. The summed E-state index contributed by atoms with van der Waals surface area (Å²) in [6.07, 6.45) is 1.01. The predicted octanol–water partition coefficient (Wildman–Crippen LogP) is 2.27. The Balaban J connectivity index is 0.00000200. The van der Waals surface area contributed by atoms with E-state index in [1.165, 1.54) is 0 Å². The third-order valence-electron chi connectivity index (χ3n) is 4.24. The fourth-order valence-corrected chi connectivity index (χ4v) is 2.99. The van der Waals surface area contributed by atoms with E-state index < -0.39 is 0 Å². The van der Waals surface area contributed by atoms with Crippen molar-refractivity contribution in [3.05, 3.63) is 23.0 Å². The van der Waals surface area contributed by atoms with Gasteiger partial charge >= 0.3 is 0 Å². The van der Waals surface area contributed by atoms with Crippen LogP contribution in [0.3, 0.4) is 0 Å². The summed E-state index contributed by atoms with van der Waals surface area (Å²) in [6.45, 7) is 11.3. The van der Waals surface area contributed by atoms with Gasteiger partial charge in [-0.15, -0.1) is 12.4 Å². The Hall–Kier alpha value is -1.00. The third kappa shape index (κ3) is 3.36. The molecule has 114 valence electrons. The molecule has 2 N–H and O–H groups in total. The number of halogens is 1. The zero-order valence-corrected chi connectivity index (χ0v) is 13.6. The Kier molecular flexibility index (Phi) is 6.08. The van der Waals surface area contributed by atoms with Gasteiger partial charge in [-0.1, -0.05) is 6.92 Å². The summed E-state index contributed by atoms with van der Waals surface area (Å²) in [6, 6.07) is 2.29. The largest absolute Gasteiger partial charge is 0.349 e. The van der Waals surface area contributed by atoms with Crippen molar-refractivity contribution in [3.63, 3.8) is 0 Å². The number of carbonyl (C=O) groups excluding carboxylic acids is 1. The third-order valence-corrected chi connectivity index (χ3v) is 4.24. The lowest BCUT2D eigenvalue weighted by Crippen LogP contribution is -2.48. The molecule has 0 spiro atoms. The summed E-state index contributed by atoms with van der Waals surface area (Å²) in [5.74, 6) is 0.568. The molecule has 2 unspecified atom stereocenters. The molecule has 0 bridgehead atoms. The summed E-state index contributed by atoms with van der Waals surface area (Å²) in [7, 11) is 0. The van der Waals surface area contributed by atoms with E-state index in [9.17, 15) is 4.79 Å². The van der Waals surface area contributed by atoms with Crippen molar-refractivity contribution < 1.29 is 4.79 Å². The maximum atomic E-state index is 12.4. The van der Waals surface area contributed by atoms with E-state index in [-0.39, 0.29) is 18.3 Å². The van der Waals surface area contributed by atoms with Gasteiger partial charge in [0.2, 0.25) is 0 Å². The van der Waals surface area contributed by atoms with Crippen LogP contribution in [-0.4, -0.2) is 29.6 Å². The zero-order valence-electron chi connectivity index (χ0n) is 12.8. The molecule has 1 saturated heterocycles. The highest BCUT2D eigenvalue weighted by Gasteiger charge is 2.24. The van der Waals surface area contributed by atoms with E-state index in [1.807, 2.05) is 13.0 Å². The normalized spacial score (nSPS) is 22.2. The number of hydrogen-bond donors (Lipinski definition) is 2. The van der Waals surface area contributed by atoms with Crippen LogP contribution in [0.25, 0.3) is 0 Å². The van der Waals surface area contributed by atoms with E-state index in [0.29, 0.717) is 12.0 Å². The van der Waals surface area contributed by atoms with Crippen LogP contribution < -0.4 is 10.6 Å². The average molecular weight is 300 g/mol. The lowest BCUT2D eigenvalue weighted by molar-refractivity contribution is 0.0913. The van der Waals surface area contributed by atoms with Crippen LogP contribution in [0.4, 0.5) is 0 Å². The molecule has 1 aliphatic heterocycles. The first-order chi connectivity index (χ1) is 9.04. The number of amides is 1. The lowest BCUT2D eigenvalue weighted by atomic mass is 9.95. The molecule has 0 saturated carbocycles. The van der Waals surface area contributed by atoms with Crippen molar-refractivity contribution in [1.29, 1.82) is 0 Å². The Labute approximate surface area is 127 Å². The van der Waals surface area contributed by atoms with Gasteiger partial charge in [0.1, 0.15) is 0 Å². The van der Waals surface area contributed by atoms with E-state index in [0.717, 1.165) is 43.0 Å². The number of hydrogen-bond acceptors (Lipinski definition) is 2. The van der Waals surface area contributed by atoms with Gasteiger partial charge in [-0.2, -0.15) is 0 Å². The predicted molar refractivity (Wildman–Crippen MR) is 84.7 cm³/mol. The molecule has 2 rings (SSSR count). The molecule has 4 nitrogen and oxygen atoms in total. The number of aryl methyl sites for hydroxylation is 1. The smallest absolute Gasteiger partial charge is 0.253 e. The van der Waals surface area contributed by atoms with E-state index in [4.69, 9.17) is 0 Å². The minimum Gasteiger partial charge on any atom is -0.349 e. The van der Waals surface area contributed by atoms with Gasteiger partial charge in [0, 0.05) is 24.0 Å². The molecule has 0 aromatic carbocycles.